The number of piperazine rings is 1. The Hall–Kier alpha value is -3.27. The van der Waals surface area contributed by atoms with Crippen LogP contribution in [0.25, 0.3) is 0 Å². The molecule has 2 aromatic carbocycles. The Morgan fingerprint density at radius 3 is 2.35 bits per heavy atom. The first-order valence-corrected chi connectivity index (χ1v) is 11.7. The molecule has 0 radical (unpaired) electrons. The third-order valence-corrected chi connectivity index (χ3v) is 5.68. The highest BCUT2D eigenvalue weighted by Crippen LogP contribution is 2.31. The Kier molecular flexibility index (Phi) is 5.73. The Labute approximate surface area is 180 Å². The van der Waals surface area contributed by atoms with Crippen LogP contribution in [0.3, 0.4) is 0 Å². The van der Waals surface area contributed by atoms with Crippen molar-refractivity contribution in [2.45, 2.75) is 6.10 Å². The summed E-state index contributed by atoms with van der Waals surface area (Å²) >= 11 is 0. The van der Waals surface area contributed by atoms with Gasteiger partial charge >= 0.3 is 0 Å². The number of fused-ring (bicyclic) bond motifs is 1. The largest absolute Gasteiger partial charge is 0.485 e. The molecule has 2 heterocycles. The van der Waals surface area contributed by atoms with E-state index >= 15 is 0 Å². The van der Waals surface area contributed by atoms with Gasteiger partial charge in [0.1, 0.15) is 6.61 Å². The average Bonchev–Trinajstić information content (AvgIpc) is 2.77. The molecule has 0 aliphatic carbocycles. The summed E-state index contributed by atoms with van der Waals surface area (Å²) in [4.78, 5) is 29.0. The third-order valence-electron chi connectivity index (χ3n) is 5.08. The predicted octanol–water partition coefficient (Wildman–Crippen LogP) is 1.18. The van der Waals surface area contributed by atoms with Crippen molar-refractivity contribution in [1.82, 2.24) is 9.80 Å². The summed E-state index contributed by atoms with van der Waals surface area (Å²) in [7, 11) is -3.43. The van der Waals surface area contributed by atoms with E-state index in [1.54, 1.807) is 40.1 Å². The number of carbonyl (C=O) groups excluding carboxylic acids is 2. The molecule has 4 rings (SSSR count). The van der Waals surface area contributed by atoms with E-state index in [1.165, 1.54) is 6.07 Å². The number of hydrogen-bond donors (Lipinski definition) is 1. The molecule has 1 atom stereocenters. The van der Waals surface area contributed by atoms with E-state index in [1.807, 2.05) is 12.1 Å². The maximum Gasteiger partial charge on any atom is 0.267 e. The second kappa shape index (κ2) is 8.46. The van der Waals surface area contributed by atoms with Crippen molar-refractivity contribution in [3.05, 3.63) is 54.1 Å². The first-order valence-electron chi connectivity index (χ1n) is 9.84. The van der Waals surface area contributed by atoms with Crippen LogP contribution in [0.1, 0.15) is 10.4 Å². The number of carbonyl (C=O) groups is 2. The number of rotatable bonds is 4. The second-order valence-electron chi connectivity index (χ2n) is 7.44. The molecule has 0 bridgehead atoms. The van der Waals surface area contributed by atoms with E-state index in [0.29, 0.717) is 48.9 Å². The molecule has 164 valence electrons. The summed E-state index contributed by atoms with van der Waals surface area (Å²) < 4.78 is 36.6. The predicted molar refractivity (Wildman–Crippen MR) is 114 cm³/mol. The molecule has 0 saturated carbocycles. The molecule has 0 aromatic heterocycles. The number of amides is 2. The van der Waals surface area contributed by atoms with Crippen LogP contribution in [0.5, 0.6) is 11.5 Å². The number of ether oxygens (including phenoxy) is 2. The van der Waals surface area contributed by atoms with E-state index in [0.717, 1.165) is 6.26 Å². The van der Waals surface area contributed by atoms with Crippen molar-refractivity contribution in [2.24, 2.45) is 0 Å². The quantitative estimate of drug-likeness (QED) is 0.758. The summed E-state index contributed by atoms with van der Waals surface area (Å²) in [5.41, 5.74) is 0.714. The first-order chi connectivity index (χ1) is 14.8. The van der Waals surface area contributed by atoms with Crippen LogP contribution in [0.15, 0.2) is 48.5 Å². The second-order valence-corrected chi connectivity index (χ2v) is 9.19. The lowest BCUT2D eigenvalue weighted by Crippen LogP contribution is -2.55. The molecule has 2 aliphatic heterocycles. The van der Waals surface area contributed by atoms with E-state index in [-0.39, 0.29) is 18.4 Å². The molecule has 1 fully saturated rings. The van der Waals surface area contributed by atoms with Gasteiger partial charge < -0.3 is 19.3 Å². The average molecular weight is 445 g/mol. The van der Waals surface area contributed by atoms with Crippen molar-refractivity contribution in [2.75, 3.05) is 43.8 Å². The van der Waals surface area contributed by atoms with Crippen LogP contribution in [-0.2, 0) is 14.8 Å². The molecule has 10 heteroatoms. The lowest BCUT2D eigenvalue weighted by Gasteiger charge is -2.37. The maximum atomic E-state index is 12.8. The zero-order valence-electron chi connectivity index (χ0n) is 17.0. The molecule has 2 aliphatic rings. The van der Waals surface area contributed by atoms with Crippen LogP contribution in [0, 0.1) is 0 Å². The van der Waals surface area contributed by atoms with Crippen molar-refractivity contribution >= 4 is 27.5 Å². The molecule has 1 saturated heterocycles. The summed E-state index contributed by atoms with van der Waals surface area (Å²) in [5.74, 6) is 0.787. The van der Waals surface area contributed by atoms with E-state index < -0.39 is 16.1 Å². The van der Waals surface area contributed by atoms with E-state index in [2.05, 4.69) is 4.72 Å². The molecular formula is C21H23N3O6S. The fourth-order valence-corrected chi connectivity index (χ4v) is 4.14. The molecule has 31 heavy (non-hydrogen) atoms. The summed E-state index contributed by atoms with van der Waals surface area (Å²) in [6.45, 7) is 1.66. The van der Waals surface area contributed by atoms with Gasteiger partial charge in [-0.1, -0.05) is 18.2 Å². The van der Waals surface area contributed by atoms with Gasteiger partial charge in [0.25, 0.3) is 11.8 Å². The zero-order chi connectivity index (χ0) is 22.0. The normalized spacial score (nSPS) is 18.4. The van der Waals surface area contributed by atoms with Gasteiger partial charge in [-0.3, -0.25) is 14.3 Å². The number of anilines is 1. The third kappa shape index (κ3) is 4.91. The van der Waals surface area contributed by atoms with Crippen molar-refractivity contribution in [1.29, 1.82) is 0 Å². The monoisotopic (exact) mass is 445 g/mol. The minimum Gasteiger partial charge on any atom is -0.485 e. The topological polar surface area (TPSA) is 105 Å². The van der Waals surface area contributed by atoms with Crippen molar-refractivity contribution in [3.63, 3.8) is 0 Å². The molecule has 0 spiro atoms. The van der Waals surface area contributed by atoms with Crippen LogP contribution >= 0.6 is 0 Å². The highest BCUT2D eigenvalue weighted by molar-refractivity contribution is 7.92. The summed E-state index contributed by atoms with van der Waals surface area (Å²) in [5, 5.41) is 0. The molecule has 2 aromatic rings. The minimum absolute atomic E-state index is 0.148. The number of hydrogen-bond acceptors (Lipinski definition) is 6. The summed E-state index contributed by atoms with van der Waals surface area (Å²) in [6, 6.07) is 13.6. The van der Waals surface area contributed by atoms with Gasteiger partial charge in [-0.05, 0) is 30.3 Å². The van der Waals surface area contributed by atoms with Gasteiger partial charge in [0.05, 0.1) is 6.26 Å². The Morgan fingerprint density at radius 1 is 0.968 bits per heavy atom. The Morgan fingerprint density at radius 2 is 1.65 bits per heavy atom. The minimum atomic E-state index is -3.43. The van der Waals surface area contributed by atoms with Gasteiger partial charge in [-0.25, -0.2) is 8.42 Å². The standard InChI is InChI=1S/C21H23N3O6S/c1-31(27,28)22-16-6-4-5-15(13-16)20(25)23-9-11-24(12-10-23)21(26)19-14-29-17-7-2-3-8-18(17)30-19/h2-8,13,19,22H,9-12,14H2,1H3. The van der Waals surface area contributed by atoms with Crippen molar-refractivity contribution in [3.8, 4) is 11.5 Å². The number of para-hydroxylation sites is 2. The van der Waals surface area contributed by atoms with Crippen LogP contribution in [0.2, 0.25) is 0 Å². The molecule has 2 amide bonds. The van der Waals surface area contributed by atoms with Crippen LogP contribution in [-0.4, -0.2) is 75.2 Å². The lowest BCUT2D eigenvalue weighted by atomic mass is 10.1. The molecule has 1 N–H and O–H groups in total. The highest BCUT2D eigenvalue weighted by Gasteiger charge is 2.33. The smallest absolute Gasteiger partial charge is 0.267 e. The van der Waals surface area contributed by atoms with E-state index in [9.17, 15) is 18.0 Å². The summed E-state index contributed by atoms with van der Waals surface area (Å²) in [6.07, 6.45) is 0.341. The van der Waals surface area contributed by atoms with Gasteiger partial charge in [-0.15, -0.1) is 0 Å². The fraction of sp³-hybridized carbons (Fsp3) is 0.333. The van der Waals surface area contributed by atoms with Crippen LogP contribution in [0.4, 0.5) is 5.69 Å². The Balaban J connectivity index is 1.35. The number of nitrogens with one attached hydrogen (secondary N) is 1. The van der Waals surface area contributed by atoms with Gasteiger partial charge in [0.2, 0.25) is 16.1 Å². The maximum absolute atomic E-state index is 12.8. The van der Waals surface area contributed by atoms with Gasteiger partial charge in [0.15, 0.2) is 11.5 Å². The molecule has 1 unspecified atom stereocenters. The fourth-order valence-electron chi connectivity index (χ4n) is 3.59. The van der Waals surface area contributed by atoms with Gasteiger partial charge in [-0.2, -0.15) is 0 Å². The Bertz CT molecular complexity index is 1100. The molecular weight excluding hydrogens is 422 g/mol. The highest BCUT2D eigenvalue weighted by atomic mass is 32.2. The van der Waals surface area contributed by atoms with Crippen molar-refractivity contribution < 1.29 is 27.5 Å². The number of nitrogens with zero attached hydrogens (tertiary/aromatic N) is 2. The first kappa shape index (κ1) is 21.0. The lowest BCUT2D eigenvalue weighted by molar-refractivity contribution is -0.142. The zero-order valence-corrected chi connectivity index (χ0v) is 17.8. The SMILES string of the molecule is CS(=O)(=O)Nc1cccc(C(=O)N2CCN(C(=O)C3COc4ccccc4O3)CC2)c1. The molecule has 9 nitrogen and oxygen atoms in total. The van der Waals surface area contributed by atoms with Gasteiger partial charge in [0, 0.05) is 37.4 Å². The number of benzene rings is 2. The number of sulfonamides is 1. The van der Waals surface area contributed by atoms with E-state index in [4.69, 9.17) is 9.47 Å². The van der Waals surface area contributed by atoms with Crippen LogP contribution < -0.4 is 14.2 Å².